The average Bonchev–Trinajstić information content (AvgIpc) is 1.51. The molecule has 0 aromatic carbocycles. The van der Waals surface area contributed by atoms with Gasteiger partial charge in [0.15, 0.2) is 81.3 Å². The second kappa shape index (κ2) is 18.6. The van der Waals surface area contributed by atoms with Crippen LogP contribution in [0.4, 0.5) is 206 Å². The van der Waals surface area contributed by atoms with Gasteiger partial charge in [-0.05, 0) is 34.6 Å². The van der Waals surface area contributed by atoms with Gasteiger partial charge in [0.1, 0.15) is 0 Å². The molecule has 0 nitrogen and oxygen atoms in total. The highest BCUT2D eigenvalue weighted by molar-refractivity contribution is 5.57. The zero-order chi connectivity index (χ0) is 75.6. The molecule has 0 radical (unpaired) electrons. The van der Waals surface area contributed by atoms with Gasteiger partial charge in [0, 0.05) is 25.2 Å². The van der Waals surface area contributed by atoms with Crippen molar-refractivity contribution < 1.29 is 206 Å². The molecule has 0 aromatic rings. The van der Waals surface area contributed by atoms with E-state index in [1.165, 1.54) is 0 Å². The Balaban J connectivity index is 0.000000161. The fourth-order valence-electron chi connectivity index (χ4n) is 13.2. The van der Waals surface area contributed by atoms with E-state index in [1.54, 1.807) is 0 Å². The Morgan fingerprint density at radius 1 is 0.211 bits per heavy atom. The Kier molecular flexibility index (Phi) is 15.1. The van der Waals surface area contributed by atoms with Gasteiger partial charge >= 0.3 is 53.3 Å². The topological polar surface area (TPSA) is 0 Å². The van der Waals surface area contributed by atoms with Crippen LogP contribution in [0.5, 0.6) is 0 Å². The summed E-state index contributed by atoms with van der Waals surface area (Å²) in [6.45, 7) is 0.195. The zero-order valence-corrected chi connectivity index (χ0v) is 45.5. The Bertz CT molecular complexity index is 3180. The fraction of sp³-hybridized carbons (Fsp3) is 0.750. The van der Waals surface area contributed by atoms with Gasteiger partial charge < -0.3 is 0 Å². The fourth-order valence-corrected chi connectivity index (χ4v) is 13.2. The lowest BCUT2D eigenvalue weighted by molar-refractivity contribution is -0.213. The molecule has 95 heavy (non-hydrogen) atoms. The minimum absolute atomic E-state index is 0.286. The Labute approximate surface area is 492 Å². The number of halogens is 47. The first-order valence-electron chi connectivity index (χ1n) is 24.7. The van der Waals surface area contributed by atoms with Crippen molar-refractivity contribution in [3.05, 3.63) is 69.9 Å². The van der Waals surface area contributed by atoms with Crippen molar-refractivity contribution in [3.8, 4) is 0 Å². The lowest BCUT2D eigenvalue weighted by Gasteiger charge is -2.35. The van der Waals surface area contributed by atoms with E-state index in [1.807, 2.05) is 0 Å². The number of allylic oxidation sites excluding steroid dienone is 12. The van der Waals surface area contributed by atoms with E-state index in [0.29, 0.717) is 0 Å². The first-order valence-corrected chi connectivity index (χ1v) is 24.7. The number of alkyl halides is 35. The van der Waals surface area contributed by atoms with Gasteiger partial charge in [-0.25, -0.2) is 127 Å². The number of hydrogen-bond donors (Lipinski definition) is 0. The smallest absolute Gasteiger partial charge is 0.240 e. The van der Waals surface area contributed by atoms with Crippen LogP contribution in [0.15, 0.2) is 69.9 Å². The number of hydrogen-bond acceptors (Lipinski definition) is 0. The molecule has 18 unspecified atom stereocenters. The van der Waals surface area contributed by atoms with Gasteiger partial charge in [-0.15, -0.1) is 0 Å². The van der Waals surface area contributed by atoms with E-state index in [2.05, 4.69) is 0 Å². The van der Waals surface area contributed by atoms with E-state index < -0.39 is 266 Å². The maximum atomic E-state index is 13.5. The summed E-state index contributed by atoms with van der Waals surface area (Å²) in [6, 6.07) is 0. The Hall–Kier alpha value is -4.85. The van der Waals surface area contributed by atoms with E-state index >= 15 is 0 Å². The van der Waals surface area contributed by atoms with Crippen LogP contribution in [0.1, 0.15) is 60.8 Å². The Morgan fingerprint density at radius 2 is 0.400 bits per heavy atom. The third-order valence-corrected chi connectivity index (χ3v) is 19.2. The summed E-state index contributed by atoms with van der Waals surface area (Å²) in [5, 5.41) is 0. The summed E-state index contributed by atoms with van der Waals surface area (Å²) in [4.78, 5) is 0. The molecule has 0 heterocycles. The van der Waals surface area contributed by atoms with Crippen molar-refractivity contribution in [2.75, 3.05) is 0 Å². The molecular formula is C48H25F47. The quantitative estimate of drug-likeness (QED) is 0.212. The van der Waals surface area contributed by atoms with Crippen molar-refractivity contribution in [1.29, 1.82) is 0 Å². The summed E-state index contributed by atoms with van der Waals surface area (Å²) in [7, 11) is 0. The molecule has 12 aliphatic carbocycles. The molecule has 6 saturated carbocycles. The molecule has 546 valence electrons. The van der Waals surface area contributed by atoms with Crippen molar-refractivity contribution in [2.24, 2.45) is 5.92 Å². The average molecular weight is 1490 g/mol. The summed E-state index contributed by atoms with van der Waals surface area (Å²) >= 11 is 0. The highest BCUT2D eigenvalue weighted by Crippen LogP contribution is 2.81. The molecule has 0 aliphatic heterocycles. The maximum absolute atomic E-state index is 13.5. The van der Waals surface area contributed by atoms with Crippen molar-refractivity contribution in [3.63, 3.8) is 0 Å². The molecule has 12 bridgehead atoms. The van der Waals surface area contributed by atoms with Gasteiger partial charge in [-0.3, -0.25) is 0 Å². The van der Waals surface area contributed by atoms with Crippen molar-refractivity contribution >= 4 is 0 Å². The molecule has 0 amide bonds. The second-order valence-electron chi connectivity index (χ2n) is 24.2. The van der Waals surface area contributed by atoms with E-state index in [4.69, 9.17) is 0 Å². The number of fused-ring (bicyclic) bond motifs is 12. The summed E-state index contributed by atoms with van der Waals surface area (Å²) < 4.78 is 616. The van der Waals surface area contributed by atoms with Gasteiger partial charge in [-0.2, -0.15) is 79.0 Å². The second-order valence-corrected chi connectivity index (χ2v) is 24.2. The first-order chi connectivity index (χ1) is 41.2. The molecule has 6 fully saturated rings. The number of rotatable bonds is 0. The van der Waals surface area contributed by atoms with E-state index in [9.17, 15) is 206 Å². The predicted molar refractivity (Wildman–Crippen MR) is 217 cm³/mol. The molecule has 12 aliphatic rings. The molecule has 0 saturated heterocycles. The molecular weight excluding hydrogens is 1470 g/mol. The molecule has 0 aromatic heterocycles. The molecule has 12 rings (SSSR count). The highest BCUT2D eigenvalue weighted by Gasteiger charge is 3.06. The molecule has 47 heteroatoms. The van der Waals surface area contributed by atoms with Crippen LogP contribution in [-0.4, -0.2) is 150 Å². The molecule has 0 N–H and O–H groups in total. The van der Waals surface area contributed by atoms with E-state index in [0.717, 1.165) is 6.92 Å². The van der Waals surface area contributed by atoms with Crippen LogP contribution in [-0.2, 0) is 0 Å². The highest BCUT2D eigenvalue weighted by atomic mass is 19.4. The van der Waals surface area contributed by atoms with Crippen molar-refractivity contribution in [2.45, 2.75) is 210 Å². The zero-order valence-electron chi connectivity index (χ0n) is 45.5. The van der Waals surface area contributed by atoms with Crippen LogP contribution >= 0.6 is 0 Å². The summed E-state index contributed by atoms with van der Waals surface area (Å²) in [6.07, 6.45) is -4.50. The van der Waals surface area contributed by atoms with Crippen LogP contribution in [0.3, 0.4) is 0 Å². The normalized spacial score (nSPS) is 51.6. The Morgan fingerprint density at radius 3 is 0.537 bits per heavy atom. The predicted octanol–water partition coefficient (Wildman–Crippen LogP) is 20.6. The SMILES string of the molecule is CC1(F)C(F)(F)C2(F)C(F)=C(F)C1(F)C2(F)F.CC1(F)C(F)(F)C2(F)C(F)=C(F)C1(F)C2(F)F.CC1(F)C(F)(F)C2(F)C(F)=C(F)C1(F)C2(F)F.CC1(F)CC2(F)C(F)=C(F)C1(F)C2(F)F.CC1(F)CC2(F)C(F)=C(F)C1(F)C2(F)F.CC1CC2(F)C(F)=C(F)C1(F)C2(F)F. The largest absolute Gasteiger partial charge is 0.337 e. The lowest BCUT2D eigenvalue weighted by atomic mass is 9.84. The van der Waals surface area contributed by atoms with Crippen LogP contribution in [0, 0.1) is 5.92 Å². The molecule has 18 atom stereocenters. The third-order valence-electron chi connectivity index (χ3n) is 19.2. The van der Waals surface area contributed by atoms with Gasteiger partial charge in [-0.1, -0.05) is 6.92 Å². The van der Waals surface area contributed by atoms with Gasteiger partial charge in [0.25, 0.3) is 45.4 Å². The van der Waals surface area contributed by atoms with Gasteiger partial charge in [0.2, 0.25) is 39.7 Å². The maximum Gasteiger partial charge on any atom is 0.337 e. The first kappa shape index (κ1) is 77.5. The van der Waals surface area contributed by atoms with Crippen LogP contribution in [0.25, 0.3) is 0 Å². The van der Waals surface area contributed by atoms with Crippen LogP contribution in [0.2, 0.25) is 0 Å². The standard InChI is InChI=1S/3C8H3F9.2C8H5F7.C8H6F6/c3*1-4(11)5(12)2(9)3(10)6(13,7(4,14)15)8(5,16)17;2*1-5(11)2-6(12)3(9)4(10)7(5,13)8(6,14)15;1-3-2-6(11)4(9)5(10)7(3,12)8(6,13)14/h3*1H3;2*2H2,1H3;3H,2H2,1H3. The summed E-state index contributed by atoms with van der Waals surface area (Å²) in [5.41, 5.74) is -79.8. The molecule has 0 spiro atoms. The minimum atomic E-state index is -5.87. The summed E-state index contributed by atoms with van der Waals surface area (Å²) in [5.74, 6) is -85.6. The third kappa shape index (κ3) is 6.57. The monoisotopic (exact) mass is 1490 g/mol. The lowest BCUT2D eigenvalue weighted by Crippen LogP contribution is -2.58. The minimum Gasteiger partial charge on any atom is -0.240 e. The van der Waals surface area contributed by atoms with Crippen molar-refractivity contribution in [1.82, 2.24) is 0 Å². The van der Waals surface area contributed by atoms with E-state index in [-0.39, 0.29) is 13.8 Å². The van der Waals surface area contributed by atoms with Gasteiger partial charge in [0.05, 0.1) is 0 Å². The van der Waals surface area contributed by atoms with Crippen LogP contribution < -0.4 is 0 Å².